The van der Waals surface area contributed by atoms with Gasteiger partial charge in [0.05, 0.1) is 23.0 Å². The fraction of sp³-hybridized carbons (Fsp3) is 0.333. The van der Waals surface area contributed by atoms with E-state index in [-0.39, 0.29) is 18.4 Å². The first-order valence-corrected chi connectivity index (χ1v) is 8.83. The zero-order valence-electron chi connectivity index (χ0n) is 13.7. The molecular formula is C18H16BrF3N2O2. The van der Waals surface area contributed by atoms with Gasteiger partial charge in [-0.15, -0.1) is 0 Å². The number of amides is 1. The van der Waals surface area contributed by atoms with Crippen LogP contribution in [0.2, 0.25) is 0 Å². The van der Waals surface area contributed by atoms with E-state index in [0.717, 1.165) is 16.6 Å². The number of nitrogens with zero attached hydrogens (tertiary/aromatic N) is 2. The van der Waals surface area contributed by atoms with Crippen LogP contribution >= 0.6 is 15.9 Å². The minimum absolute atomic E-state index is 0.0656. The zero-order valence-corrected chi connectivity index (χ0v) is 15.3. The van der Waals surface area contributed by atoms with Crippen LogP contribution < -0.4 is 4.74 Å². The maximum absolute atomic E-state index is 12.8. The summed E-state index contributed by atoms with van der Waals surface area (Å²) in [7, 11) is 0. The molecular weight excluding hydrogens is 413 g/mol. The number of hydrogen-bond acceptors (Lipinski definition) is 3. The number of alkyl halides is 3. The Morgan fingerprint density at radius 2 is 2.12 bits per heavy atom. The van der Waals surface area contributed by atoms with E-state index in [1.54, 1.807) is 17.2 Å². The maximum atomic E-state index is 12.8. The van der Waals surface area contributed by atoms with Crippen molar-refractivity contribution in [2.75, 3.05) is 13.1 Å². The average molecular weight is 429 g/mol. The number of pyridine rings is 1. The highest BCUT2D eigenvalue weighted by Crippen LogP contribution is 2.30. The number of halogens is 4. The van der Waals surface area contributed by atoms with Crippen LogP contribution in [0.1, 0.15) is 17.5 Å². The SMILES string of the molecule is O=C(Cc1cccc(C(F)(F)F)c1)N1CCC(Oc2ncccc2Br)C1. The van der Waals surface area contributed by atoms with E-state index in [9.17, 15) is 18.0 Å². The number of aromatic nitrogens is 1. The molecule has 1 atom stereocenters. The lowest BCUT2D eigenvalue weighted by Gasteiger charge is -2.17. The molecule has 8 heteroatoms. The van der Waals surface area contributed by atoms with Crippen LogP contribution in [0.15, 0.2) is 47.1 Å². The van der Waals surface area contributed by atoms with E-state index < -0.39 is 11.7 Å². The third kappa shape index (κ3) is 4.55. The summed E-state index contributed by atoms with van der Waals surface area (Å²) in [6.45, 7) is 0.897. The van der Waals surface area contributed by atoms with Crippen molar-refractivity contribution in [1.82, 2.24) is 9.88 Å². The zero-order chi connectivity index (χ0) is 18.7. The Hall–Kier alpha value is -2.09. The summed E-state index contributed by atoms with van der Waals surface area (Å²) in [6, 6.07) is 8.46. The Labute approximate surface area is 157 Å². The van der Waals surface area contributed by atoms with Gasteiger partial charge in [0.15, 0.2) is 0 Å². The number of rotatable bonds is 4. The molecule has 138 valence electrons. The first-order chi connectivity index (χ1) is 12.3. The van der Waals surface area contributed by atoms with Crippen molar-refractivity contribution in [2.24, 2.45) is 0 Å². The van der Waals surface area contributed by atoms with Crippen LogP contribution in [0, 0.1) is 0 Å². The topological polar surface area (TPSA) is 42.4 Å². The number of carbonyl (C=O) groups excluding carboxylic acids is 1. The summed E-state index contributed by atoms with van der Waals surface area (Å²) in [4.78, 5) is 18.2. The normalized spacial score (nSPS) is 17.4. The number of carbonyl (C=O) groups is 1. The van der Waals surface area contributed by atoms with Gasteiger partial charge < -0.3 is 9.64 Å². The van der Waals surface area contributed by atoms with E-state index in [2.05, 4.69) is 20.9 Å². The minimum atomic E-state index is -4.41. The van der Waals surface area contributed by atoms with E-state index in [1.165, 1.54) is 12.1 Å². The van der Waals surface area contributed by atoms with Gasteiger partial charge in [-0.2, -0.15) is 13.2 Å². The molecule has 1 aliphatic heterocycles. The molecule has 1 aromatic heterocycles. The highest BCUT2D eigenvalue weighted by Gasteiger charge is 2.31. The molecule has 1 amide bonds. The summed E-state index contributed by atoms with van der Waals surface area (Å²) >= 11 is 3.35. The van der Waals surface area contributed by atoms with E-state index in [1.807, 2.05) is 6.07 Å². The molecule has 3 rings (SSSR count). The van der Waals surface area contributed by atoms with Crippen LogP contribution in [-0.4, -0.2) is 35.0 Å². The first-order valence-electron chi connectivity index (χ1n) is 8.04. The molecule has 0 saturated carbocycles. The van der Waals surface area contributed by atoms with Crippen molar-refractivity contribution < 1.29 is 22.7 Å². The second kappa shape index (κ2) is 7.65. The standard InChI is InChI=1S/C18H16BrF3N2O2/c19-15-5-2-7-23-17(15)26-14-6-8-24(11-14)16(25)10-12-3-1-4-13(9-12)18(20,21)22/h1-5,7,9,14H,6,8,10-11H2. The Bertz CT molecular complexity index is 798. The van der Waals surface area contributed by atoms with Crippen LogP contribution in [0.25, 0.3) is 0 Å². The van der Waals surface area contributed by atoms with Crippen LogP contribution in [0.3, 0.4) is 0 Å². The second-order valence-electron chi connectivity index (χ2n) is 6.03. The summed E-state index contributed by atoms with van der Waals surface area (Å²) < 4.78 is 44.9. The average Bonchev–Trinajstić information content (AvgIpc) is 3.05. The Morgan fingerprint density at radius 3 is 2.85 bits per heavy atom. The molecule has 1 aromatic carbocycles. The third-order valence-electron chi connectivity index (χ3n) is 4.11. The van der Waals surface area contributed by atoms with Crippen molar-refractivity contribution in [3.8, 4) is 5.88 Å². The third-order valence-corrected chi connectivity index (χ3v) is 4.71. The van der Waals surface area contributed by atoms with E-state index >= 15 is 0 Å². The highest BCUT2D eigenvalue weighted by molar-refractivity contribution is 9.10. The van der Waals surface area contributed by atoms with Gasteiger partial charge in [0.1, 0.15) is 6.10 Å². The van der Waals surface area contributed by atoms with Gasteiger partial charge in [0, 0.05) is 19.2 Å². The molecule has 4 nitrogen and oxygen atoms in total. The molecule has 1 saturated heterocycles. The molecule has 2 heterocycles. The lowest BCUT2D eigenvalue weighted by Crippen LogP contribution is -2.32. The van der Waals surface area contributed by atoms with E-state index in [4.69, 9.17) is 4.74 Å². The molecule has 1 unspecified atom stereocenters. The largest absolute Gasteiger partial charge is 0.472 e. The molecule has 0 N–H and O–H groups in total. The fourth-order valence-corrected chi connectivity index (χ4v) is 3.16. The number of likely N-dealkylation sites (tertiary alicyclic amines) is 1. The molecule has 2 aromatic rings. The summed E-state index contributed by atoms with van der Waals surface area (Å²) in [5.41, 5.74) is -0.396. The monoisotopic (exact) mass is 428 g/mol. The smallest absolute Gasteiger partial charge is 0.416 e. The lowest BCUT2D eigenvalue weighted by molar-refractivity contribution is -0.138. The number of benzene rings is 1. The summed E-state index contributed by atoms with van der Waals surface area (Å²) in [5, 5.41) is 0. The van der Waals surface area contributed by atoms with Crippen LogP contribution in [-0.2, 0) is 17.4 Å². The van der Waals surface area contributed by atoms with Gasteiger partial charge in [-0.25, -0.2) is 4.98 Å². The molecule has 0 radical (unpaired) electrons. The number of ether oxygens (including phenoxy) is 1. The van der Waals surface area contributed by atoms with Gasteiger partial charge in [-0.3, -0.25) is 4.79 Å². The van der Waals surface area contributed by atoms with Crippen molar-refractivity contribution in [1.29, 1.82) is 0 Å². The molecule has 1 aliphatic rings. The Morgan fingerprint density at radius 1 is 1.31 bits per heavy atom. The van der Waals surface area contributed by atoms with Gasteiger partial charge in [0.25, 0.3) is 0 Å². The van der Waals surface area contributed by atoms with Crippen molar-refractivity contribution in [2.45, 2.75) is 25.1 Å². The molecule has 0 aliphatic carbocycles. The Balaban J connectivity index is 1.59. The van der Waals surface area contributed by atoms with Crippen LogP contribution in [0.5, 0.6) is 5.88 Å². The van der Waals surface area contributed by atoms with Gasteiger partial charge in [-0.05, 0) is 39.7 Å². The fourth-order valence-electron chi connectivity index (χ4n) is 2.81. The maximum Gasteiger partial charge on any atom is 0.416 e. The molecule has 1 fully saturated rings. The quantitative estimate of drug-likeness (QED) is 0.736. The van der Waals surface area contributed by atoms with Gasteiger partial charge in [0.2, 0.25) is 11.8 Å². The van der Waals surface area contributed by atoms with Crippen molar-refractivity contribution >= 4 is 21.8 Å². The van der Waals surface area contributed by atoms with Gasteiger partial charge >= 0.3 is 6.18 Å². The molecule has 0 spiro atoms. The minimum Gasteiger partial charge on any atom is -0.472 e. The first kappa shape index (κ1) is 18.7. The summed E-state index contributed by atoms with van der Waals surface area (Å²) in [6.07, 6.45) is -2.40. The highest BCUT2D eigenvalue weighted by atomic mass is 79.9. The molecule has 26 heavy (non-hydrogen) atoms. The predicted octanol–water partition coefficient (Wildman–Crippen LogP) is 4.09. The predicted molar refractivity (Wildman–Crippen MR) is 92.7 cm³/mol. The Kier molecular flexibility index (Phi) is 5.50. The van der Waals surface area contributed by atoms with Crippen molar-refractivity contribution in [3.05, 3.63) is 58.2 Å². The van der Waals surface area contributed by atoms with E-state index in [0.29, 0.717) is 31.0 Å². The van der Waals surface area contributed by atoms with Gasteiger partial charge in [-0.1, -0.05) is 18.2 Å². The second-order valence-corrected chi connectivity index (χ2v) is 6.89. The van der Waals surface area contributed by atoms with Crippen LogP contribution in [0.4, 0.5) is 13.2 Å². The lowest BCUT2D eigenvalue weighted by atomic mass is 10.1. The number of hydrogen-bond donors (Lipinski definition) is 0. The molecule has 0 bridgehead atoms. The summed E-state index contributed by atoms with van der Waals surface area (Å²) in [5.74, 6) is 0.250. The van der Waals surface area contributed by atoms with Crippen molar-refractivity contribution in [3.63, 3.8) is 0 Å².